The minimum atomic E-state index is 0.402. The Morgan fingerprint density at radius 2 is 2.38 bits per heavy atom. The van der Waals surface area contributed by atoms with Gasteiger partial charge in [-0.05, 0) is 19.3 Å². The van der Waals surface area contributed by atoms with E-state index in [9.17, 15) is 0 Å². The maximum atomic E-state index is 5.32. The molecule has 1 aliphatic heterocycles. The Morgan fingerprint density at radius 1 is 1.50 bits per heavy atom. The highest BCUT2D eigenvalue weighted by atomic mass is 32.1. The van der Waals surface area contributed by atoms with Gasteiger partial charge in [-0.1, -0.05) is 12.6 Å². The van der Waals surface area contributed by atoms with Gasteiger partial charge in [0.15, 0.2) is 0 Å². The average Bonchev–Trinajstić information content (AvgIpc) is 1.90. The van der Waals surface area contributed by atoms with Crippen LogP contribution >= 0.6 is 12.6 Å². The molecule has 1 heterocycles. The van der Waals surface area contributed by atoms with Crippen molar-refractivity contribution >= 4 is 12.6 Å². The van der Waals surface area contributed by atoms with Gasteiger partial charge in [0, 0.05) is 12.4 Å². The normalized spacial score (nSPS) is 30.4. The highest BCUT2D eigenvalue weighted by Crippen LogP contribution is 2.12. The molecule has 1 radical (unpaired) electrons. The fourth-order valence-electron chi connectivity index (χ4n) is 0.939. The lowest BCUT2D eigenvalue weighted by molar-refractivity contribution is 0.0317. The van der Waals surface area contributed by atoms with Gasteiger partial charge < -0.3 is 4.74 Å². The molecule has 1 unspecified atom stereocenters. The van der Waals surface area contributed by atoms with Crippen LogP contribution in [0.3, 0.4) is 0 Å². The molecule has 0 aliphatic carbocycles. The third-order valence-electron chi connectivity index (χ3n) is 1.46. The van der Waals surface area contributed by atoms with Gasteiger partial charge in [0.1, 0.15) is 0 Å². The summed E-state index contributed by atoms with van der Waals surface area (Å²) in [6, 6.07) is 0. The van der Waals surface area contributed by atoms with Gasteiger partial charge in [0.25, 0.3) is 0 Å². The first-order chi connectivity index (χ1) is 3.93. The maximum absolute atomic E-state index is 5.32. The van der Waals surface area contributed by atoms with E-state index in [1.165, 1.54) is 19.3 Å². The first-order valence-corrected chi connectivity index (χ1v) is 3.71. The average molecular weight is 131 g/mol. The second kappa shape index (κ2) is 3.36. The number of rotatable bonds is 1. The Hall–Kier alpha value is 0.310. The number of ether oxygens (including phenoxy) is 1. The minimum Gasteiger partial charge on any atom is -0.377 e. The van der Waals surface area contributed by atoms with Crippen molar-refractivity contribution in [1.29, 1.82) is 0 Å². The molecule has 0 saturated carbocycles. The molecule has 0 amide bonds. The molecule has 0 bridgehead atoms. The van der Waals surface area contributed by atoms with Crippen LogP contribution < -0.4 is 0 Å². The van der Waals surface area contributed by atoms with E-state index in [2.05, 4.69) is 0 Å². The van der Waals surface area contributed by atoms with Gasteiger partial charge in [-0.2, -0.15) is 0 Å². The van der Waals surface area contributed by atoms with Crippen molar-refractivity contribution in [3.05, 3.63) is 0 Å². The van der Waals surface area contributed by atoms with Crippen molar-refractivity contribution in [3.63, 3.8) is 0 Å². The molecule has 0 spiro atoms. The Balaban J connectivity index is 2.13. The van der Waals surface area contributed by atoms with Gasteiger partial charge in [-0.3, -0.25) is 0 Å². The van der Waals surface area contributed by atoms with E-state index in [0.717, 1.165) is 12.4 Å². The van der Waals surface area contributed by atoms with Crippen LogP contribution in [-0.4, -0.2) is 18.5 Å². The lowest BCUT2D eigenvalue weighted by atomic mass is 10.1. The third-order valence-corrected chi connectivity index (χ3v) is 1.83. The van der Waals surface area contributed by atoms with Crippen molar-refractivity contribution in [3.8, 4) is 0 Å². The molecular weight excluding hydrogens is 120 g/mol. The predicted molar refractivity (Wildman–Crippen MR) is 36.0 cm³/mol. The first kappa shape index (κ1) is 6.43. The van der Waals surface area contributed by atoms with Crippen molar-refractivity contribution in [2.75, 3.05) is 12.4 Å². The van der Waals surface area contributed by atoms with Gasteiger partial charge in [0.05, 0.1) is 6.10 Å². The van der Waals surface area contributed by atoms with Crippen molar-refractivity contribution in [2.45, 2.75) is 25.4 Å². The Morgan fingerprint density at radius 3 is 2.75 bits per heavy atom. The summed E-state index contributed by atoms with van der Waals surface area (Å²) in [5.74, 6) is 0.778. The molecule has 0 aromatic heterocycles. The Labute approximate surface area is 55.8 Å². The van der Waals surface area contributed by atoms with Crippen LogP contribution in [0.2, 0.25) is 0 Å². The lowest BCUT2D eigenvalue weighted by Crippen LogP contribution is -2.20. The second-order valence-electron chi connectivity index (χ2n) is 2.16. The second-order valence-corrected chi connectivity index (χ2v) is 2.49. The van der Waals surface area contributed by atoms with Crippen LogP contribution in [0.4, 0.5) is 0 Å². The predicted octanol–water partition coefficient (Wildman–Crippen LogP) is 1.75. The van der Waals surface area contributed by atoms with E-state index >= 15 is 0 Å². The summed E-state index contributed by atoms with van der Waals surface area (Å²) in [6.45, 7) is 0.932. The molecule has 1 fully saturated rings. The minimum absolute atomic E-state index is 0.402. The van der Waals surface area contributed by atoms with Gasteiger partial charge in [-0.15, -0.1) is 0 Å². The summed E-state index contributed by atoms with van der Waals surface area (Å²) >= 11 is 4.85. The molecule has 1 rings (SSSR count). The van der Waals surface area contributed by atoms with Crippen molar-refractivity contribution in [2.24, 2.45) is 0 Å². The Bertz CT molecular complexity index is 59.5. The zero-order chi connectivity index (χ0) is 5.82. The molecule has 0 aromatic carbocycles. The summed E-state index contributed by atoms with van der Waals surface area (Å²) in [7, 11) is 0. The van der Waals surface area contributed by atoms with Crippen molar-refractivity contribution in [1.82, 2.24) is 0 Å². The summed E-state index contributed by atoms with van der Waals surface area (Å²) in [5, 5.41) is 0. The van der Waals surface area contributed by atoms with Crippen LogP contribution in [0.25, 0.3) is 0 Å². The third kappa shape index (κ3) is 1.67. The van der Waals surface area contributed by atoms with Crippen LogP contribution in [0.15, 0.2) is 0 Å². The van der Waals surface area contributed by atoms with E-state index in [-0.39, 0.29) is 0 Å². The van der Waals surface area contributed by atoms with E-state index < -0.39 is 0 Å². The van der Waals surface area contributed by atoms with Crippen LogP contribution in [0.5, 0.6) is 0 Å². The van der Waals surface area contributed by atoms with E-state index in [1.54, 1.807) is 0 Å². The summed E-state index contributed by atoms with van der Waals surface area (Å²) in [6.07, 6.45) is 4.12. The monoisotopic (exact) mass is 131 g/mol. The quantitative estimate of drug-likeness (QED) is 0.527. The largest absolute Gasteiger partial charge is 0.377 e. The molecule has 1 nitrogen and oxygen atoms in total. The molecule has 1 aliphatic rings. The van der Waals surface area contributed by atoms with Gasteiger partial charge in [0.2, 0.25) is 0 Å². The number of hydrogen-bond donors (Lipinski definition) is 0. The summed E-state index contributed by atoms with van der Waals surface area (Å²) < 4.78 is 5.32. The molecular formula is C6H11OS. The highest BCUT2D eigenvalue weighted by Gasteiger charge is 2.10. The lowest BCUT2D eigenvalue weighted by Gasteiger charge is -2.19. The van der Waals surface area contributed by atoms with E-state index in [4.69, 9.17) is 17.4 Å². The van der Waals surface area contributed by atoms with Crippen LogP contribution in [-0.2, 0) is 4.74 Å². The summed E-state index contributed by atoms with van der Waals surface area (Å²) in [5.41, 5.74) is 0. The fourth-order valence-corrected chi connectivity index (χ4v) is 1.20. The molecule has 0 N–H and O–H groups in total. The molecule has 1 atom stereocenters. The SMILES string of the molecule is [S]CC1CCCCO1. The molecule has 47 valence electrons. The van der Waals surface area contributed by atoms with Crippen molar-refractivity contribution < 1.29 is 4.74 Å². The zero-order valence-corrected chi connectivity index (χ0v) is 5.75. The maximum Gasteiger partial charge on any atom is 0.0673 e. The van der Waals surface area contributed by atoms with Gasteiger partial charge in [-0.25, -0.2) is 0 Å². The molecule has 8 heavy (non-hydrogen) atoms. The van der Waals surface area contributed by atoms with Crippen LogP contribution in [0.1, 0.15) is 19.3 Å². The van der Waals surface area contributed by atoms with E-state index in [1.807, 2.05) is 0 Å². The Kier molecular flexibility index (Phi) is 2.70. The molecule has 1 saturated heterocycles. The topological polar surface area (TPSA) is 9.23 Å². The summed E-state index contributed by atoms with van der Waals surface area (Å²) in [4.78, 5) is 0. The fraction of sp³-hybridized carbons (Fsp3) is 1.00. The van der Waals surface area contributed by atoms with Gasteiger partial charge >= 0.3 is 0 Å². The highest BCUT2D eigenvalue weighted by molar-refractivity contribution is 7.80. The van der Waals surface area contributed by atoms with E-state index in [0.29, 0.717) is 6.10 Å². The number of hydrogen-bond acceptors (Lipinski definition) is 1. The van der Waals surface area contributed by atoms with Crippen LogP contribution in [0, 0.1) is 0 Å². The smallest absolute Gasteiger partial charge is 0.0673 e. The molecule has 0 aromatic rings. The first-order valence-electron chi connectivity index (χ1n) is 3.13. The zero-order valence-electron chi connectivity index (χ0n) is 4.93. The molecule has 2 heteroatoms. The standard InChI is InChI=1S/C6H11OS/c8-5-6-3-1-2-4-7-6/h6H,1-5H2.